The lowest BCUT2D eigenvalue weighted by atomic mass is 9.85. The van der Waals surface area contributed by atoms with Crippen LogP contribution in [0.1, 0.15) is 57.9 Å². The lowest BCUT2D eigenvalue weighted by Crippen LogP contribution is -2.58. The number of benzene rings is 3. The fourth-order valence-corrected chi connectivity index (χ4v) is 9.34. The molecule has 2 aliphatic heterocycles. The van der Waals surface area contributed by atoms with Crippen molar-refractivity contribution in [1.82, 2.24) is 20.5 Å². The second-order valence-corrected chi connectivity index (χ2v) is 19.6. The van der Waals surface area contributed by atoms with Crippen LogP contribution in [0.4, 0.5) is 30.2 Å². The van der Waals surface area contributed by atoms with Gasteiger partial charge in [0.1, 0.15) is 42.1 Å². The second kappa shape index (κ2) is 23.0. The van der Waals surface area contributed by atoms with Crippen molar-refractivity contribution in [2.24, 2.45) is 5.41 Å². The number of nitrogens with zero attached hydrogens (tertiary/aromatic N) is 5. The van der Waals surface area contributed by atoms with E-state index < -0.39 is 75.1 Å². The number of nitro groups is 1. The van der Waals surface area contributed by atoms with Crippen LogP contribution in [0, 0.1) is 22.5 Å². The summed E-state index contributed by atoms with van der Waals surface area (Å²) in [7, 11) is 0. The summed E-state index contributed by atoms with van der Waals surface area (Å²) in [6.45, 7) is 11.3. The van der Waals surface area contributed by atoms with E-state index >= 15 is 0 Å². The molecular weight excluding hydrogens is 972 g/mol. The summed E-state index contributed by atoms with van der Waals surface area (Å²) in [4.78, 5) is 73.0. The predicted octanol–water partition coefficient (Wildman–Crippen LogP) is 6.20. The van der Waals surface area contributed by atoms with E-state index in [0.29, 0.717) is 23.6 Å². The van der Waals surface area contributed by atoms with Crippen molar-refractivity contribution in [2.75, 3.05) is 62.6 Å². The van der Waals surface area contributed by atoms with Crippen molar-refractivity contribution in [3.05, 3.63) is 99.2 Å². The summed E-state index contributed by atoms with van der Waals surface area (Å²) < 4.78 is 63.5. The SMILES string of the molecule is Cc1ncsc1-c1ccc(CNC(=O)[C@@H]2C[C@@H](O)CN2C(=O)[C@@H](NC(=O)COCCOCCOCCOc2ccc(N3C(=S)N(c4ccc([N+](=O)[O-])c(C(F)(F)F)c4)C(=O)C3(C)C)cc2)C(C)(C)C)cc1. The Balaban J connectivity index is 0.870. The number of halogens is 3. The molecule has 0 saturated carbocycles. The van der Waals surface area contributed by atoms with Crippen molar-refractivity contribution in [3.63, 3.8) is 0 Å². The molecule has 0 spiro atoms. The number of aryl methyl sites for hydroxylation is 1. The second-order valence-electron chi connectivity index (χ2n) is 18.3. The summed E-state index contributed by atoms with van der Waals surface area (Å²) in [6.07, 6.45) is -5.90. The van der Waals surface area contributed by atoms with Gasteiger partial charge in [-0.25, -0.2) is 4.98 Å². The van der Waals surface area contributed by atoms with Crippen LogP contribution in [0.2, 0.25) is 0 Å². The number of thiazole rings is 1. The van der Waals surface area contributed by atoms with E-state index in [1.165, 1.54) is 9.80 Å². The average Bonchev–Trinajstić information content (AvgIpc) is 3.98. The van der Waals surface area contributed by atoms with Crippen LogP contribution in [-0.4, -0.2) is 125 Å². The van der Waals surface area contributed by atoms with E-state index in [-0.39, 0.29) is 76.6 Å². The number of alkyl halides is 3. The zero-order valence-electron chi connectivity index (χ0n) is 39.9. The number of carbonyl (C=O) groups is 4. The van der Waals surface area contributed by atoms with Gasteiger partial charge in [-0.05, 0) is 85.9 Å². The van der Waals surface area contributed by atoms with Gasteiger partial charge in [-0.1, -0.05) is 45.0 Å². The van der Waals surface area contributed by atoms with Crippen LogP contribution in [0.5, 0.6) is 5.75 Å². The molecule has 382 valence electrons. The molecule has 3 atom stereocenters. The first kappa shape index (κ1) is 54.2. The first-order chi connectivity index (χ1) is 33.5. The van der Waals surface area contributed by atoms with E-state index in [0.717, 1.165) is 32.7 Å². The number of likely N-dealkylation sites (tertiary alicyclic amines) is 1. The van der Waals surface area contributed by atoms with E-state index in [2.05, 4.69) is 15.6 Å². The molecule has 23 heteroatoms. The number of hydrogen-bond acceptors (Lipinski definition) is 14. The zero-order valence-corrected chi connectivity index (χ0v) is 41.6. The Hall–Kier alpha value is -6.11. The van der Waals surface area contributed by atoms with Crippen molar-refractivity contribution in [2.45, 2.75) is 84.4 Å². The third-order valence-corrected chi connectivity index (χ3v) is 13.0. The summed E-state index contributed by atoms with van der Waals surface area (Å²) >= 11 is 7.11. The molecule has 3 heterocycles. The van der Waals surface area contributed by atoms with Crippen LogP contribution < -0.4 is 25.2 Å². The van der Waals surface area contributed by atoms with E-state index in [9.17, 15) is 47.6 Å². The molecule has 0 aliphatic carbocycles. The average molecular weight is 1030 g/mol. The maximum atomic E-state index is 13.9. The fourth-order valence-electron chi connectivity index (χ4n) is 8.00. The van der Waals surface area contributed by atoms with E-state index in [4.69, 9.17) is 31.2 Å². The highest BCUT2D eigenvalue weighted by molar-refractivity contribution is 7.81. The number of aliphatic hydroxyl groups is 1. The van der Waals surface area contributed by atoms with Gasteiger partial charge in [-0.2, -0.15) is 13.2 Å². The number of rotatable bonds is 21. The topological polar surface area (TPSA) is 215 Å². The number of β-amino-alcohol motifs (C(OH)–C–C–N with tert-alkyl or cyclic N) is 1. The van der Waals surface area contributed by atoms with Gasteiger partial charge >= 0.3 is 6.18 Å². The number of aliphatic hydroxyl groups excluding tert-OH is 1. The highest BCUT2D eigenvalue weighted by Crippen LogP contribution is 2.42. The Morgan fingerprint density at radius 1 is 0.958 bits per heavy atom. The van der Waals surface area contributed by atoms with Crippen molar-refractivity contribution in [3.8, 4) is 16.2 Å². The molecule has 71 heavy (non-hydrogen) atoms. The molecule has 2 aliphatic rings. The lowest BCUT2D eigenvalue weighted by Gasteiger charge is -2.35. The first-order valence-electron chi connectivity index (χ1n) is 22.5. The quantitative estimate of drug-likeness (QED) is 0.0367. The number of amides is 4. The Morgan fingerprint density at radius 3 is 2.17 bits per heavy atom. The molecule has 4 aromatic rings. The molecule has 18 nitrogen and oxygen atoms in total. The summed E-state index contributed by atoms with van der Waals surface area (Å²) in [5.74, 6) is -1.60. The minimum absolute atomic E-state index is 0.0543. The van der Waals surface area contributed by atoms with Gasteiger partial charge in [-0.15, -0.1) is 11.3 Å². The summed E-state index contributed by atoms with van der Waals surface area (Å²) in [5, 5.41) is 27.3. The minimum atomic E-state index is -5.05. The molecule has 2 saturated heterocycles. The van der Waals surface area contributed by atoms with Crippen molar-refractivity contribution < 1.29 is 61.3 Å². The predicted molar refractivity (Wildman–Crippen MR) is 261 cm³/mol. The molecule has 2 fully saturated rings. The molecule has 6 rings (SSSR count). The van der Waals surface area contributed by atoms with Gasteiger partial charge in [0.25, 0.3) is 11.6 Å². The van der Waals surface area contributed by atoms with Gasteiger partial charge in [0.05, 0.1) is 65.8 Å². The number of anilines is 2. The third-order valence-electron chi connectivity index (χ3n) is 11.7. The number of thiocarbonyl (C=S) groups is 1. The molecule has 3 N–H and O–H groups in total. The highest BCUT2D eigenvalue weighted by Gasteiger charge is 2.51. The van der Waals surface area contributed by atoms with Gasteiger partial charge in [0.2, 0.25) is 17.7 Å². The first-order valence-corrected chi connectivity index (χ1v) is 23.8. The molecule has 0 unspecified atom stereocenters. The Morgan fingerprint density at radius 2 is 1.58 bits per heavy atom. The standard InChI is InChI=1S/C48H56F3N7O11S2/c1-29-40(71-28-53-29)31-9-7-30(8-10-31)25-52-42(61)38-24-34(59)26-55(38)43(62)41(46(2,3)4)54-39(60)27-68-20-19-66-17-18-67-21-22-69-35-14-11-32(12-15-35)57-45(70)56(44(63)47(57,5)6)33-13-16-37(58(64)65)36(23-33)48(49,50)51/h7-16,23,28,34,38,41,59H,17-22,24-27H2,1-6H3,(H,52,61)(H,54,60)/t34-,38+,41-/m1/s1. The zero-order chi connectivity index (χ0) is 51.8. The number of ether oxygens (including phenoxy) is 4. The molecule has 0 radical (unpaired) electrons. The minimum Gasteiger partial charge on any atom is -0.491 e. The van der Waals surface area contributed by atoms with Gasteiger partial charge in [0.15, 0.2) is 5.11 Å². The van der Waals surface area contributed by atoms with E-state index in [1.54, 1.807) is 75.7 Å². The van der Waals surface area contributed by atoms with Gasteiger partial charge in [-0.3, -0.25) is 34.2 Å². The van der Waals surface area contributed by atoms with Gasteiger partial charge in [0, 0.05) is 31.3 Å². The highest BCUT2D eigenvalue weighted by atomic mass is 32.1. The Labute approximate surface area is 417 Å². The van der Waals surface area contributed by atoms with E-state index in [1.807, 2.05) is 31.2 Å². The summed E-state index contributed by atoms with van der Waals surface area (Å²) in [5.41, 5.74) is 0.108. The monoisotopic (exact) mass is 1030 g/mol. The smallest absolute Gasteiger partial charge is 0.423 e. The number of nitrogens with one attached hydrogen (secondary N) is 2. The molecular formula is C48H56F3N7O11S2. The number of hydrogen-bond donors (Lipinski definition) is 3. The normalized spacial score (nSPS) is 17.4. The molecule has 0 bridgehead atoms. The molecule has 4 amide bonds. The fraction of sp³-hybridized carbons (Fsp3) is 0.458. The van der Waals surface area contributed by atoms with Gasteiger partial charge < -0.3 is 44.5 Å². The largest absolute Gasteiger partial charge is 0.491 e. The van der Waals surface area contributed by atoms with Crippen LogP contribution >= 0.6 is 23.6 Å². The Bertz CT molecular complexity index is 2570. The lowest BCUT2D eigenvalue weighted by molar-refractivity contribution is -0.388. The number of nitro benzene ring substituents is 1. The molecule has 1 aromatic heterocycles. The maximum absolute atomic E-state index is 13.9. The maximum Gasteiger partial charge on any atom is 0.423 e. The van der Waals surface area contributed by atoms with Crippen molar-refractivity contribution >= 4 is 69.4 Å². The van der Waals surface area contributed by atoms with Crippen LogP contribution in [0.15, 0.2) is 72.2 Å². The van der Waals surface area contributed by atoms with Crippen LogP contribution in [-0.2, 0) is 46.1 Å². The summed E-state index contributed by atoms with van der Waals surface area (Å²) in [6, 6.07) is 14.6. The number of aromatic nitrogens is 1. The van der Waals surface area contributed by atoms with Crippen molar-refractivity contribution in [1.29, 1.82) is 0 Å². The third kappa shape index (κ3) is 13.3. The van der Waals surface area contributed by atoms with Crippen LogP contribution in [0.25, 0.3) is 10.4 Å². The van der Waals surface area contributed by atoms with Crippen LogP contribution in [0.3, 0.4) is 0 Å². The Kier molecular flexibility index (Phi) is 17.5. The molecule has 3 aromatic carbocycles. The number of carbonyl (C=O) groups excluding carboxylic acids is 4.